The van der Waals surface area contributed by atoms with Gasteiger partial charge in [0.15, 0.2) is 5.17 Å². The summed E-state index contributed by atoms with van der Waals surface area (Å²) in [6.45, 7) is 1.95. The number of aryl methyl sites for hydroxylation is 1. The highest BCUT2D eigenvalue weighted by Crippen LogP contribution is 2.32. The maximum Gasteiger partial charge on any atom is 0.264 e. The van der Waals surface area contributed by atoms with Crippen molar-refractivity contribution in [3.05, 3.63) is 64.1 Å². The number of ether oxygens (including phenoxy) is 1. The van der Waals surface area contributed by atoms with Crippen LogP contribution in [0.2, 0.25) is 0 Å². The molecule has 1 N–H and O–H groups in total. The van der Waals surface area contributed by atoms with Crippen LogP contribution in [0.1, 0.15) is 21.5 Å². The second-order valence-corrected chi connectivity index (χ2v) is 6.60. The van der Waals surface area contributed by atoms with Crippen molar-refractivity contribution >= 4 is 40.6 Å². The van der Waals surface area contributed by atoms with Crippen LogP contribution in [-0.2, 0) is 4.79 Å². The van der Waals surface area contributed by atoms with E-state index in [9.17, 15) is 14.7 Å². The second kappa shape index (κ2) is 7.45. The highest BCUT2D eigenvalue weighted by Gasteiger charge is 2.24. The number of aliphatic imine (C=N–C) groups is 1. The summed E-state index contributed by atoms with van der Waals surface area (Å²) in [6.07, 6.45) is 1.68. The number of hydrogen-bond donors (Lipinski definition) is 1. The summed E-state index contributed by atoms with van der Waals surface area (Å²) in [5.74, 6) is -0.878. The van der Waals surface area contributed by atoms with E-state index >= 15 is 0 Å². The van der Waals surface area contributed by atoms with Gasteiger partial charge in [0.2, 0.25) is 0 Å². The number of carbonyl (C=O) groups is 2. The molecule has 7 heteroatoms. The van der Waals surface area contributed by atoms with Gasteiger partial charge in [0.1, 0.15) is 11.4 Å². The monoisotopic (exact) mass is 367 g/mol. The first-order chi connectivity index (χ1) is 12.5. The van der Waals surface area contributed by atoms with E-state index in [4.69, 9.17) is 4.74 Å². The Balaban J connectivity index is 1.84. The maximum atomic E-state index is 12.2. The minimum Gasteiger partial charge on any atom is -0.545 e. The first-order valence-corrected chi connectivity index (χ1v) is 8.53. The Kier molecular flexibility index (Phi) is 5.09. The summed E-state index contributed by atoms with van der Waals surface area (Å²) in [7, 11) is 1.57. The summed E-state index contributed by atoms with van der Waals surface area (Å²) in [4.78, 5) is 27.9. The number of carboxylic acid groups (broad SMARTS) is 1. The molecule has 1 saturated heterocycles. The van der Waals surface area contributed by atoms with E-state index in [0.29, 0.717) is 27.1 Å². The summed E-state index contributed by atoms with van der Waals surface area (Å²) in [5.41, 5.74) is 2.46. The molecule has 132 valence electrons. The number of nitrogens with one attached hydrogen (secondary N) is 1. The van der Waals surface area contributed by atoms with Gasteiger partial charge in [-0.1, -0.05) is 30.3 Å². The van der Waals surface area contributed by atoms with Gasteiger partial charge in [-0.25, -0.2) is 4.99 Å². The van der Waals surface area contributed by atoms with E-state index < -0.39 is 5.97 Å². The van der Waals surface area contributed by atoms with Gasteiger partial charge in [-0.15, -0.1) is 0 Å². The lowest BCUT2D eigenvalue weighted by Crippen LogP contribution is -2.21. The Morgan fingerprint density at radius 2 is 1.96 bits per heavy atom. The Bertz CT molecular complexity index is 933. The molecule has 0 atom stereocenters. The molecule has 1 aliphatic rings. The molecule has 1 amide bonds. The van der Waals surface area contributed by atoms with Crippen LogP contribution < -0.4 is 15.2 Å². The van der Waals surface area contributed by atoms with E-state index in [1.54, 1.807) is 25.3 Å². The molecule has 0 spiro atoms. The van der Waals surface area contributed by atoms with Crippen molar-refractivity contribution in [2.45, 2.75) is 6.92 Å². The molecular weight excluding hydrogens is 352 g/mol. The predicted molar refractivity (Wildman–Crippen MR) is 99.3 cm³/mol. The standard InChI is InChI=1S/C19H16N2O4S/c1-11-3-8-15(25-2)14(9-11)20-19-21-17(22)16(26-19)10-12-4-6-13(7-5-12)18(23)24/h3-10H,1-2H3,(H,23,24)(H,20,21,22)/p-1/b16-10-. The zero-order valence-corrected chi connectivity index (χ0v) is 14.9. The van der Waals surface area contributed by atoms with Crippen molar-refractivity contribution in [3.63, 3.8) is 0 Å². The van der Waals surface area contributed by atoms with Crippen molar-refractivity contribution in [1.82, 2.24) is 5.32 Å². The number of carboxylic acids is 1. The molecule has 1 fully saturated rings. The lowest BCUT2D eigenvalue weighted by molar-refractivity contribution is -0.255. The van der Waals surface area contributed by atoms with Gasteiger partial charge in [0, 0.05) is 0 Å². The minimum atomic E-state index is -1.24. The van der Waals surface area contributed by atoms with Crippen LogP contribution in [0.3, 0.4) is 0 Å². The summed E-state index contributed by atoms with van der Waals surface area (Å²) in [5, 5.41) is 14.0. The molecular formula is C19H15N2O4S-. The first kappa shape index (κ1) is 17.8. The lowest BCUT2D eigenvalue weighted by Gasteiger charge is -2.05. The van der Waals surface area contributed by atoms with E-state index in [0.717, 1.165) is 5.56 Å². The molecule has 2 aromatic carbocycles. The smallest absolute Gasteiger partial charge is 0.264 e. The second-order valence-electron chi connectivity index (χ2n) is 5.57. The Hall–Kier alpha value is -3.06. The average molecular weight is 367 g/mol. The number of carbonyl (C=O) groups excluding carboxylic acids is 2. The number of amidine groups is 1. The third-order valence-corrected chi connectivity index (χ3v) is 4.56. The van der Waals surface area contributed by atoms with Crippen LogP contribution >= 0.6 is 11.8 Å². The molecule has 0 saturated carbocycles. The molecule has 3 rings (SSSR count). The maximum absolute atomic E-state index is 12.2. The molecule has 2 aromatic rings. The number of amides is 1. The molecule has 0 aromatic heterocycles. The largest absolute Gasteiger partial charge is 0.545 e. The zero-order chi connectivity index (χ0) is 18.7. The number of rotatable bonds is 4. The number of aromatic carboxylic acids is 1. The van der Waals surface area contributed by atoms with Crippen LogP contribution in [0.15, 0.2) is 52.4 Å². The topological polar surface area (TPSA) is 90.8 Å². The zero-order valence-electron chi connectivity index (χ0n) is 14.1. The molecule has 0 bridgehead atoms. The fourth-order valence-electron chi connectivity index (χ4n) is 2.34. The summed E-state index contributed by atoms with van der Waals surface area (Å²) in [6, 6.07) is 11.7. The van der Waals surface area contributed by atoms with E-state index in [2.05, 4.69) is 10.3 Å². The van der Waals surface area contributed by atoms with Gasteiger partial charge in [-0.05, 0) is 53.6 Å². The van der Waals surface area contributed by atoms with Crippen LogP contribution in [0.25, 0.3) is 6.08 Å². The van der Waals surface area contributed by atoms with Crippen molar-refractivity contribution in [2.24, 2.45) is 4.99 Å². The van der Waals surface area contributed by atoms with Gasteiger partial charge >= 0.3 is 0 Å². The lowest BCUT2D eigenvalue weighted by atomic mass is 10.1. The predicted octanol–water partition coefficient (Wildman–Crippen LogP) is 2.26. The molecule has 0 radical (unpaired) electrons. The SMILES string of the molecule is COc1ccc(C)cc1N=C1NC(=O)/C(=C/c2ccc(C(=O)[O-])cc2)S1. The average Bonchev–Trinajstić information content (AvgIpc) is 2.95. The molecule has 0 aliphatic carbocycles. The number of thioether (sulfide) groups is 1. The van der Waals surface area contributed by atoms with Gasteiger partial charge in [0.25, 0.3) is 5.91 Å². The van der Waals surface area contributed by atoms with Crippen molar-refractivity contribution < 1.29 is 19.4 Å². The number of benzene rings is 2. The number of hydrogen-bond acceptors (Lipinski definition) is 6. The van der Waals surface area contributed by atoms with E-state index in [1.807, 2.05) is 25.1 Å². The van der Waals surface area contributed by atoms with Crippen LogP contribution in [0, 0.1) is 6.92 Å². The van der Waals surface area contributed by atoms with Crippen LogP contribution in [-0.4, -0.2) is 24.2 Å². The Labute approximate surface area is 154 Å². The van der Waals surface area contributed by atoms with Gasteiger partial charge in [-0.2, -0.15) is 0 Å². The van der Waals surface area contributed by atoms with Gasteiger partial charge < -0.3 is 20.0 Å². The van der Waals surface area contributed by atoms with E-state index in [1.165, 1.54) is 23.9 Å². The van der Waals surface area contributed by atoms with Crippen molar-refractivity contribution in [3.8, 4) is 5.75 Å². The van der Waals surface area contributed by atoms with Crippen molar-refractivity contribution in [2.75, 3.05) is 7.11 Å². The number of nitrogens with zero attached hydrogens (tertiary/aromatic N) is 1. The minimum absolute atomic E-state index is 0.0875. The fourth-order valence-corrected chi connectivity index (χ4v) is 3.18. The highest BCUT2D eigenvalue weighted by molar-refractivity contribution is 8.18. The van der Waals surface area contributed by atoms with E-state index in [-0.39, 0.29) is 11.5 Å². The normalized spacial score (nSPS) is 16.8. The fraction of sp³-hybridized carbons (Fsp3) is 0.105. The number of methoxy groups -OCH3 is 1. The Morgan fingerprint density at radius 1 is 1.23 bits per heavy atom. The summed E-state index contributed by atoms with van der Waals surface area (Å²) < 4.78 is 5.29. The Morgan fingerprint density at radius 3 is 2.62 bits per heavy atom. The molecule has 0 unspecified atom stereocenters. The third kappa shape index (κ3) is 3.94. The van der Waals surface area contributed by atoms with Crippen LogP contribution in [0.5, 0.6) is 5.75 Å². The van der Waals surface area contributed by atoms with Gasteiger partial charge in [-0.3, -0.25) is 4.79 Å². The molecule has 6 nitrogen and oxygen atoms in total. The highest BCUT2D eigenvalue weighted by atomic mass is 32.2. The van der Waals surface area contributed by atoms with Crippen molar-refractivity contribution in [1.29, 1.82) is 0 Å². The molecule has 26 heavy (non-hydrogen) atoms. The third-order valence-electron chi connectivity index (χ3n) is 3.65. The molecule has 1 heterocycles. The quantitative estimate of drug-likeness (QED) is 0.837. The first-order valence-electron chi connectivity index (χ1n) is 7.72. The summed E-state index contributed by atoms with van der Waals surface area (Å²) >= 11 is 1.21. The molecule has 1 aliphatic heterocycles. The van der Waals surface area contributed by atoms with Gasteiger partial charge in [0.05, 0.1) is 18.0 Å². The van der Waals surface area contributed by atoms with Crippen LogP contribution in [0.4, 0.5) is 5.69 Å².